The van der Waals surface area contributed by atoms with Gasteiger partial charge in [0.15, 0.2) is 0 Å². The van der Waals surface area contributed by atoms with Crippen LogP contribution in [0.5, 0.6) is 11.5 Å². The lowest BCUT2D eigenvalue weighted by molar-refractivity contribution is -0.139. The van der Waals surface area contributed by atoms with E-state index < -0.39 is 36.0 Å². The van der Waals surface area contributed by atoms with Gasteiger partial charge in [0, 0.05) is 0 Å². The lowest BCUT2D eigenvalue weighted by Gasteiger charge is -2.11. The lowest BCUT2D eigenvalue weighted by atomic mass is 10.1. The summed E-state index contributed by atoms with van der Waals surface area (Å²) >= 11 is 0. The SMILES string of the molecule is NCCCC[C@H](N)C(=O)Oc1ccc(C[C@H](N)C(=O)O)cc1.N[C@@H](Cc1ccc(O)cc1)C(=O)O. The van der Waals surface area contributed by atoms with Crippen LogP contribution >= 0.6 is 0 Å². The number of nitrogens with two attached hydrogens (primary N) is 4. The van der Waals surface area contributed by atoms with Crippen LogP contribution < -0.4 is 27.7 Å². The zero-order valence-corrected chi connectivity index (χ0v) is 19.4. The molecule has 3 atom stereocenters. The maximum atomic E-state index is 11.8. The molecule has 0 saturated carbocycles. The van der Waals surface area contributed by atoms with E-state index in [0.29, 0.717) is 18.7 Å². The third-order valence-electron chi connectivity index (χ3n) is 4.90. The van der Waals surface area contributed by atoms with Crippen LogP contribution in [0.2, 0.25) is 0 Å². The summed E-state index contributed by atoms with van der Waals surface area (Å²) in [5.74, 6) is -2.04. The second kappa shape index (κ2) is 15.4. The highest BCUT2D eigenvalue weighted by Gasteiger charge is 2.16. The minimum atomic E-state index is -1.06. The Balaban J connectivity index is 0.000000400. The summed E-state index contributed by atoms with van der Waals surface area (Å²) in [6.07, 6.45) is 2.61. The standard InChI is InChI=1S/C15H23N3O4.C9H11NO3/c16-8-2-1-3-12(17)15(21)22-11-6-4-10(5-7-11)9-13(18)14(19)20;10-8(9(12)13)5-6-1-3-7(11)4-2-6/h4-7,12-13H,1-3,8-9,16-18H2,(H,19,20);1-4,8,11H,5,10H2,(H,12,13)/t12-,13-;8-/m00/s1. The molecule has 11 nitrogen and oxygen atoms in total. The van der Waals surface area contributed by atoms with Crippen molar-refractivity contribution in [3.05, 3.63) is 59.7 Å². The number of carboxylic acids is 2. The fraction of sp³-hybridized carbons (Fsp3) is 0.375. The highest BCUT2D eigenvalue weighted by Crippen LogP contribution is 2.15. The molecular formula is C24H34N4O7. The number of hydrogen-bond donors (Lipinski definition) is 7. The first-order valence-corrected chi connectivity index (χ1v) is 11.0. The van der Waals surface area contributed by atoms with E-state index in [1.165, 1.54) is 12.1 Å². The Bertz CT molecular complexity index is 936. The number of aromatic hydroxyl groups is 1. The van der Waals surface area contributed by atoms with Gasteiger partial charge >= 0.3 is 17.9 Å². The summed E-state index contributed by atoms with van der Waals surface area (Å²) in [7, 11) is 0. The van der Waals surface area contributed by atoms with Crippen molar-refractivity contribution in [2.24, 2.45) is 22.9 Å². The monoisotopic (exact) mass is 490 g/mol. The van der Waals surface area contributed by atoms with Crippen molar-refractivity contribution in [3.63, 3.8) is 0 Å². The average Bonchev–Trinajstić information content (AvgIpc) is 2.82. The number of unbranched alkanes of at least 4 members (excludes halogenated alkanes) is 1. The van der Waals surface area contributed by atoms with Crippen LogP contribution in [0.15, 0.2) is 48.5 Å². The number of aliphatic carboxylic acids is 2. The summed E-state index contributed by atoms with van der Waals surface area (Å²) < 4.78 is 5.17. The normalized spacial score (nSPS) is 13.0. The number of rotatable bonds is 12. The molecule has 0 amide bonds. The summed E-state index contributed by atoms with van der Waals surface area (Å²) in [5, 5.41) is 26.2. The maximum Gasteiger partial charge on any atom is 0.328 e. The summed E-state index contributed by atoms with van der Waals surface area (Å²) in [6, 6.07) is 10.3. The lowest BCUT2D eigenvalue weighted by Crippen LogP contribution is -2.34. The van der Waals surface area contributed by atoms with E-state index in [1.807, 2.05) is 0 Å². The molecule has 2 rings (SSSR count). The molecule has 0 heterocycles. The van der Waals surface area contributed by atoms with E-state index in [9.17, 15) is 14.4 Å². The van der Waals surface area contributed by atoms with Crippen molar-refractivity contribution < 1.29 is 34.4 Å². The number of benzene rings is 2. The summed E-state index contributed by atoms with van der Waals surface area (Å²) in [6.45, 7) is 0.571. The van der Waals surface area contributed by atoms with Gasteiger partial charge in [-0.3, -0.25) is 9.59 Å². The largest absolute Gasteiger partial charge is 0.508 e. The number of esters is 1. The number of hydrogen-bond acceptors (Lipinski definition) is 9. The van der Waals surface area contributed by atoms with Crippen molar-refractivity contribution in [1.82, 2.24) is 0 Å². The first kappa shape index (κ1) is 29.5. The van der Waals surface area contributed by atoms with E-state index in [4.69, 9.17) is 43.0 Å². The molecule has 35 heavy (non-hydrogen) atoms. The Hall–Kier alpha value is -3.51. The first-order valence-electron chi connectivity index (χ1n) is 11.0. The fourth-order valence-corrected chi connectivity index (χ4v) is 2.83. The van der Waals surface area contributed by atoms with E-state index in [-0.39, 0.29) is 18.6 Å². The van der Waals surface area contributed by atoms with Crippen molar-refractivity contribution in [2.45, 2.75) is 50.2 Å². The zero-order valence-electron chi connectivity index (χ0n) is 19.4. The molecule has 192 valence electrons. The number of phenols is 1. The molecule has 0 aromatic heterocycles. The topological polar surface area (TPSA) is 225 Å². The van der Waals surface area contributed by atoms with Crippen LogP contribution in [0.25, 0.3) is 0 Å². The van der Waals surface area contributed by atoms with Gasteiger partial charge in [0.25, 0.3) is 0 Å². The van der Waals surface area contributed by atoms with Crippen LogP contribution in [0, 0.1) is 0 Å². The van der Waals surface area contributed by atoms with Crippen LogP contribution in [0.4, 0.5) is 0 Å². The number of ether oxygens (including phenoxy) is 1. The molecule has 0 unspecified atom stereocenters. The number of phenolic OH excluding ortho intramolecular Hbond substituents is 1. The fourth-order valence-electron chi connectivity index (χ4n) is 2.83. The predicted molar refractivity (Wildman–Crippen MR) is 130 cm³/mol. The minimum Gasteiger partial charge on any atom is -0.508 e. The van der Waals surface area contributed by atoms with Gasteiger partial charge in [-0.15, -0.1) is 0 Å². The van der Waals surface area contributed by atoms with Crippen molar-refractivity contribution in [1.29, 1.82) is 0 Å². The number of carbonyl (C=O) groups is 3. The van der Waals surface area contributed by atoms with Gasteiger partial charge in [0.1, 0.15) is 29.6 Å². The third-order valence-corrected chi connectivity index (χ3v) is 4.90. The molecule has 0 radical (unpaired) electrons. The van der Waals surface area contributed by atoms with Gasteiger partial charge in [-0.25, -0.2) is 4.79 Å². The van der Waals surface area contributed by atoms with E-state index in [2.05, 4.69) is 0 Å². The van der Waals surface area contributed by atoms with Gasteiger partial charge < -0.3 is 43.0 Å². The Kier molecular flexibility index (Phi) is 13.0. The highest BCUT2D eigenvalue weighted by atomic mass is 16.5. The van der Waals surface area contributed by atoms with E-state index in [0.717, 1.165) is 24.0 Å². The van der Waals surface area contributed by atoms with Gasteiger partial charge in [-0.2, -0.15) is 0 Å². The maximum absolute atomic E-state index is 11.8. The first-order chi connectivity index (χ1) is 16.5. The minimum absolute atomic E-state index is 0.160. The second-order valence-corrected chi connectivity index (χ2v) is 7.92. The molecule has 11 N–H and O–H groups in total. The zero-order chi connectivity index (χ0) is 26.4. The third kappa shape index (κ3) is 12.0. The smallest absolute Gasteiger partial charge is 0.328 e. The second-order valence-electron chi connectivity index (χ2n) is 7.92. The van der Waals surface area contributed by atoms with Gasteiger partial charge in [0.2, 0.25) is 0 Å². The molecule has 0 saturated heterocycles. The van der Waals surface area contributed by atoms with Gasteiger partial charge in [0.05, 0.1) is 0 Å². The molecule has 0 bridgehead atoms. The average molecular weight is 491 g/mol. The summed E-state index contributed by atoms with van der Waals surface area (Å²) in [5.41, 5.74) is 23.4. The van der Waals surface area contributed by atoms with E-state index in [1.54, 1.807) is 36.4 Å². The Morgan fingerprint density at radius 2 is 1.20 bits per heavy atom. The Morgan fingerprint density at radius 3 is 1.63 bits per heavy atom. The quantitative estimate of drug-likeness (QED) is 0.122. The van der Waals surface area contributed by atoms with Crippen molar-refractivity contribution in [2.75, 3.05) is 6.54 Å². The molecule has 0 aliphatic heterocycles. The molecule has 2 aromatic carbocycles. The van der Waals surface area contributed by atoms with E-state index >= 15 is 0 Å². The molecule has 0 fully saturated rings. The van der Waals surface area contributed by atoms with Gasteiger partial charge in [-0.05, 0) is 67.6 Å². The van der Waals surface area contributed by atoms with Crippen LogP contribution in [-0.2, 0) is 27.2 Å². The van der Waals surface area contributed by atoms with Crippen LogP contribution in [-0.4, -0.2) is 57.9 Å². The summed E-state index contributed by atoms with van der Waals surface area (Å²) in [4.78, 5) is 32.9. The molecule has 0 aliphatic carbocycles. The van der Waals surface area contributed by atoms with Crippen molar-refractivity contribution in [3.8, 4) is 11.5 Å². The molecule has 11 heteroatoms. The Labute approximate surface area is 203 Å². The predicted octanol–water partition coefficient (Wildman–Crippen LogP) is 0.349. The molecular weight excluding hydrogens is 456 g/mol. The molecule has 2 aromatic rings. The molecule has 0 aliphatic rings. The number of carboxylic acid groups (broad SMARTS) is 2. The number of carbonyl (C=O) groups excluding carboxylic acids is 1. The van der Waals surface area contributed by atoms with Crippen LogP contribution in [0.3, 0.4) is 0 Å². The van der Waals surface area contributed by atoms with Crippen molar-refractivity contribution >= 4 is 17.9 Å². The van der Waals surface area contributed by atoms with Crippen LogP contribution in [0.1, 0.15) is 30.4 Å². The highest BCUT2D eigenvalue weighted by molar-refractivity contribution is 5.78. The Morgan fingerprint density at radius 1 is 0.743 bits per heavy atom. The van der Waals surface area contributed by atoms with Gasteiger partial charge in [-0.1, -0.05) is 30.7 Å². The molecule has 0 spiro atoms.